The number of anilines is 3. The van der Waals surface area contributed by atoms with Crippen molar-refractivity contribution >= 4 is 52.4 Å². The second-order valence-electron chi connectivity index (χ2n) is 19.4. The Kier molecular flexibility index (Phi) is 15.1. The van der Waals surface area contributed by atoms with Gasteiger partial charge in [-0.05, 0) is 67.3 Å². The van der Waals surface area contributed by atoms with Gasteiger partial charge in [0, 0.05) is 44.1 Å². The van der Waals surface area contributed by atoms with Crippen LogP contribution in [0.5, 0.6) is 5.75 Å². The fourth-order valence-electron chi connectivity index (χ4n) is 9.80. The van der Waals surface area contributed by atoms with Crippen molar-refractivity contribution in [1.29, 1.82) is 5.26 Å². The molecule has 5 N–H and O–H groups in total. The highest BCUT2D eigenvalue weighted by Crippen LogP contribution is 2.45. The van der Waals surface area contributed by atoms with E-state index in [9.17, 15) is 29.5 Å². The van der Waals surface area contributed by atoms with Crippen molar-refractivity contribution in [3.8, 4) is 27.9 Å². The Hall–Kier alpha value is -6.91. The van der Waals surface area contributed by atoms with E-state index in [0.717, 1.165) is 77.4 Å². The van der Waals surface area contributed by atoms with Gasteiger partial charge in [0.1, 0.15) is 35.9 Å². The lowest BCUT2D eigenvalue weighted by Gasteiger charge is -2.42. The van der Waals surface area contributed by atoms with Crippen LogP contribution in [0.4, 0.5) is 17.5 Å². The number of rotatable bonds is 17. The standard InChI is InChI=1S/C51H62N12O6S/c1-7-11-38-43-37(24-52)56-28-62(43)40-26-55-50(60-46(40)63(38)34-12-8-9-13-34)58-36-20-19-33(22-41(36)69-6)47(66)53-21-10-14-42(65)59-45(51(3,4)5)49(68)61-27-35(64)23-39(61)48(67)54-25-31-15-17-32(18-16-31)44-30(2)57-29-70-44/h15-20,22,26,28-29,34-35,38-39,45,64H,7-14,21,23,25,27H2,1-6H3,(H,53,66)(H,54,67)(H,59,65)(H,55,58,60)/t35-,38-,39+,45-/m1/s1. The maximum atomic E-state index is 14.1. The molecule has 2 aromatic carbocycles. The molecular weight excluding hydrogens is 909 g/mol. The first-order chi connectivity index (χ1) is 33.7. The van der Waals surface area contributed by atoms with Crippen molar-refractivity contribution in [3.05, 3.63) is 88.7 Å². The van der Waals surface area contributed by atoms with E-state index in [4.69, 9.17) is 9.72 Å². The number of carbonyl (C=O) groups is 4. The van der Waals surface area contributed by atoms with Crippen molar-refractivity contribution in [2.24, 2.45) is 5.41 Å². The number of fused-ring (bicyclic) bond motifs is 3. The summed E-state index contributed by atoms with van der Waals surface area (Å²) < 4.78 is 7.66. The number of aromatic nitrogens is 5. The van der Waals surface area contributed by atoms with Crippen LogP contribution < -0.4 is 30.9 Å². The number of aliphatic hydroxyl groups is 1. The maximum Gasteiger partial charge on any atom is 0.251 e. The largest absolute Gasteiger partial charge is 0.495 e. The number of nitriles is 1. The zero-order chi connectivity index (χ0) is 49.7. The van der Waals surface area contributed by atoms with Gasteiger partial charge in [-0.3, -0.25) is 23.7 Å². The predicted octanol–water partition coefficient (Wildman–Crippen LogP) is 6.64. The maximum absolute atomic E-state index is 14.1. The number of nitrogens with one attached hydrogen (secondary N) is 4. The second kappa shape index (κ2) is 21.4. The number of thiazole rings is 1. The van der Waals surface area contributed by atoms with Gasteiger partial charge in [-0.1, -0.05) is 71.2 Å². The third-order valence-electron chi connectivity index (χ3n) is 13.4. The molecular formula is C51H62N12O6S. The summed E-state index contributed by atoms with van der Waals surface area (Å²) in [4.78, 5) is 77.7. The Morgan fingerprint density at radius 1 is 1.04 bits per heavy atom. The van der Waals surface area contributed by atoms with E-state index in [1.807, 2.05) is 62.0 Å². The fraction of sp³-hybridized carbons (Fsp3) is 0.471. The van der Waals surface area contributed by atoms with Crippen LogP contribution in [0.2, 0.25) is 0 Å². The topological polar surface area (TPSA) is 233 Å². The van der Waals surface area contributed by atoms with Crippen molar-refractivity contribution in [2.75, 3.05) is 30.4 Å². The van der Waals surface area contributed by atoms with Crippen LogP contribution in [-0.2, 0) is 20.9 Å². The monoisotopic (exact) mass is 970 g/mol. The number of aliphatic hydroxyl groups excluding tert-OH is 1. The molecule has 4 amide bonds. The van der Waals surface area contributed by atoms with Crippen molar-refractivity contribution < 1.29 is 29.0 Å². The number of amides is 4. The third-order valence-corrected chi connectivity index (χ3v) is 14.4. The highest BCUT2D eigenvalue weighted by atomic mass is 32.1. The third kappa shape index (κ3) is 10.6. The first kappa shape index (κ1) is 49.5. The van der Waals surface area contributed by atoms with Gasteiger partial charge in [0.2, 0.25) is 23.7 Å². The van der Waals surface area contributed by atoms with Crippen LogP contribution in [0.15, 0.2) is 60.5 Å². The summed E-state index contributed by atoms with van der Waals surface area (Å²) in [5, 5.41) is 32.6. The Labute approximate surface area is 412 Å². The summed E-state index contributed by atoms with van der Waals surface area (Å²) in [6.45, 7) is 10.0. The molecule has 368 valence electrons. The molecule has 0 bridgehead atoms. The molecule has 8 rings (SSSR count). The zero-order valence-corrected chi connectivity index (χ0v) is 41.4. The minimum absolute atomic E-state index is 0.0278. The first-order valence-electron chi connectivity index (χ1n) is 24.1. The lowest BCUT2D eigenvalue weighted by atomic mass is 9.85. The summed E-state index contributed by atoms with van der Waals surface area (Å²) in [5.74, 6) is -0.0478. The number of imidazole rings is 1. The molecule has 3 aromatic heterocycles. The summed E-state index contributed by atoms with van der Waals surface area (Å²) in [6.07, 6.45) is 9.04. The number of hydrogen-bond donors (Lipinski definition) is 5. The van der Waals surface area contributed by atoms with Gasteiger partial charge in [0.25, 0.3) is 5.91 Å². The van der Waals surface area contributed by atoms with Gasteiger partial charge < -0.3 is 40.9 Å². The molecule has 4 atom stereocenters. The highest BCUT2D eigenvalue weighted by Gasteiger charge is 2.45. The Bertz CT molecular complexity index is 2750. The molecule has 1 saturated heterocycles. The van der Waals surface area contributed by atoms with Crippen LogP contribution in [0.25, 0.3) is 16.1 Å². The molecule has 1 aliphatic carbocycles. The van der Waals surface area contributed by atoms with Crippen molar-refractivity contribution in [1.82, 2.24) is 45.4 Å². The van der Waals surface area contributed by atoms with Crippen LogP contribution >= 0.6 is 11.3 Å². The number of ether oxygens (including phenoxy) is 1. The van der Waals surface area contributed by atoms with Crippen LogP contribution in [0.3, 0.4) is 0 Å². The number of hydrogen-bond acceptors (Lipinski definition) is 14. The van der Waals surface area contributed by atoms with Crippen LogP contribution in [-0.4, -0.2) is 103 Å². The van der Waals surface area contributed by atoms with Crippen LogP contribution in [0.1, 0.15) is 125 Å². The van der Waals surface area contributed by atoms with Crippen molar-refractivity contribution in [3.63, 3.8) is 0 Å². The van der Waals surface area contributed by atoms with Gasteiger partial charge in [0.15, 0.2) is 11.5 Å². The lowest BCUT2D eigenvalue weighted by molar-refractivity contribution is -0.144. The molecule has 0 spiro atoms. The molecule has 3 aliphatic rings. The average molecular weight is 971 g/mol. The van der Waals surface area contributed by atoms with Gasteiger partial charge in [0.05, 0.1) is 52.9 Å². The zero-order valence-electron chi connectivity index (χ0n) is 40.6. The summed E-state index contributed by atoms with van der Waals surface area (Å²) in [7, 11) is 1.52. The first-order valence-corrected chi connectivity index (χ1v) is 25.0. The summed E-state index contributed by atoms with van der Waals surface area (Å²) in [6, 6.07) is 13.5. The number of β-amino-alcohol motifs (C(OH)–C–C–N with tert-alkyl or cyclic N) is 1. The number of likely N-dealkylation sites (tertiary alicyclic amines) is 1. The van der Waals surface area contributed by atoms with E-state index < -0.39 is 29.5 Å². The lowest BCUT2D eigenvalue weighted by Crippen LogP contribution is -2.57. The normalized spacial score (nSPS) is 18.1. The van der Waals surface area contributed by atoms with E-state index in [2.05, 4.69) is 54.1 Å². The molecule has 2 aliphatic heterocycles. The summed E-state index contributed by atoms with van der Waals surface area (Å²) >= 11 is 1.57. The molecule has 5 aromatic rings. The minimum Gasteiger partial charge on any atom is -0.495 e. The molecule has 0 radical (unpaired) electrons. The summed E-state index contributed by atoms with van der Waals surface area (Å²) in [5.41, 5.74) is 6.94. The smallest absolute Gasteiger partial charge is 0.251 e. The molecule has 18 nitrogen and oxygen atoms in total. The second-order valence-corrected chi connectivity index (χ2v) is 20.2. The van der Waals surface area contributed by atoms with Crippen molar-refractivity contribution in [2.45, 2.75) is 129 Å². The van der Waals surface area contributed by atoms with E-state index >= 15 is 0 Å². The molecule has 70 heavy (non-hydrogen) atoms. The Morgan fingerprint density at radius 3 is 2.50 bits per heavy atom. The van der Waals surface area contributed by atoms with E-state index in [-0.39, 0.29) is 62.3 Å². The molecule has 2 fully saturated rings. The highest BCUT2D eigenvalue weighted by molar-refractivity contribution is 7.13. The number of nitrogens with zero attached hydrogens (tertiary/aromatic N) is 8. The number of aryl methyl sites for hydroxylation is 1. The SMILES string of the molecule is CCC[C@@H]1c2c(C#N)ncn2-c2cnc(Nc3ccc(C(=O)NCCCC(=O)N[C@H](C(=O)N4C[C@H](O)C[C@H]4C(=O)NCc4ccc(-c5scnc5C)cc4)C(C)(C)C)cc3OC)nc2N1C1CCCC1. The van der Waals surface area contributed by atoms with Gasteiger partial charge in [-0.25, -0.2) is 15.0 Å². The molecule has 1 saturated carbocycles. The minimum atomic E-state index is -0.976. The number of carbonyl (C=O) groups excluding carboxylic acids is 4. The molecule has 5 heterocycles. The van der Waals surface area contributed by atoms with Gasteiger partial charge in [-0.2, -0.15) is 10.2 Å². The number of methoxy groups -OCH3 is 1. The van der Waals surface area contributed by atoms with E-state index in [0.29, 0.717) is 35.1 Å². The van der Waals surface area contributed by atoms with Gasteiger partial charge >= 0.3 is 0 Å². The fourth-order valence-corrected chi connectivity index (χ4v) is 10.6. The van der Waals surface area contributed by atoms with Crippen LogP contribution in [0, 0.1) is 23.7 Å². The number of benzene rings is 2. The predicted molar refractivity (Wildman–Crippen MR) is 266 cm³/mol. The average Bonchev–Trinajstić information content (AvgIpc) is 4.19. The Balaban J connectivity index is 0.852. The van der Waals surface area contributed by atoms with E-state index in [1.165, 1.54) is 12.0 Å². The quantitative estimate of drug-likeness (QED) is 0.0616. The Morgan fingerprint density at radius 2 is 1.81 bits per heavy atom. The molecule has 0 unspecified atom stereocenters. The van der Waals surface area contributed by atoms with Gasteiger partial charge in [-0.15, -0.1) is 11.3 Å². The van der Waals surface area contributed by atoms with E-state index in [1.54, 1.807) is 42.1 Å². The molecule has 19 heteroatoms.